The van der Waals surface area contributed by atoms with E-state index in [9.17, 15) is 4.79 Å². The molecule has 0 atom stereocenters. The monoisotopic (exact) mass is 309 g/mol. The average molecular weight is 309 g/mol. The lowest BCUT2D eigenvalue weighted by molar-refractivity contribution is 0.0945. The quantitative estimate of drug-likeness (QED) is 0.803. The van der Waals surface area contributed by atoms with E-state index < -0.39 is 0 Å². The lowest BCUT2D eigenvalue weighted by Crippen LogP contribution is -2.24. The van der Waals surface area contributed by atoms with Gasteiger partial charge in [0.15, 0.2) is 0 Å². The van der Waals surface area contributed by atoms with Gasteiger partial charge in [0.2, 0.25) is 0 Å². The predicted octanol–water partition coefficient (Wildman–Crippen LogP) is 2.15. The number of aromatic nitrogens is 4. The molecule has 6 nitrogen and oxygen atoms in total. The fourth-order valence-corrected chi connectivity index (χ4v) is 2.55. The number of hydrogen-bond donors (Lipinski definition) is 1. The van der Waals surface area contributed by atoms with Gasteiger partial charge in [-0.15, -0.1) is 0 Å². The Labute approximate surface area is 134 Å². The number of hydrogen-bond acceptors (Lipinski definition) is 3. The van der Waals surface area contributed by atoms with E-state index in [0.717, 1.165) is 22.6 Å². The zero-order valence-corrected chi connectivity index (χ0v) is 13.4. The Bertz CT molecular complexity index is 832. The van der Waals surface area contributed by atoms with Crippen molar-refractivity contribution in [3.8, 4) is 5.69 Å². The number of nitrogens with zero attached hydrogens (tertiary/aromatic N) is 4. The summed E-state index contributed by atoms with van der Waals surface area (Å²) >= 11 is 0. The number of aryl methyl sites for hydroxylation is 2. The van der Waals surface area contributed by atoms with Crippen molar-refractivity contribution >= 4 is 5.91 Å². The Morgan fingerprint density at radius 3 is 2.52 bits per heavy atom. The average Bonchev–Trinajstić information content (AvgIpc) is 3.10. The van der Waals surface area contributed by atoms with E-state index in [2.05, 4.69) is 15.5 Å². The van der Waals surface area contributed by atoms with Crippen LogP contribution < -0.4 is 5.32 Å². The molecule has 0 unspecified atom stereocenters. The first kappa shape index (κ1) is 15.0. The third kappa shape index (κ3) is 3.01. The zero-order chi connectivity index (χ0) is 16.4. The number of para-hydroxylation sites is 1. The van der Waals surface area contributed by atoms with Crippen molar-refractivity contribution in [1.82, 2.24) is 24.9 Å². The molecule has 0 radical (unpaired) electrons. The van der Waals surface area contributed by atoms with Crippen LogP contribution in [0.2, 0.25) is 0 Å². The topological polar surface area (TPSA) is 64.7 Å². The zero-order valence-electron chi connectivity index (χ0n) is 13.4. The van der Waals surface area contributed by atoms with Crippen LogP contribution in [0.1, 0.15) is 27.4 Å². The molecule has 1 aromatic carbocycles. The lowest BCUT2D eigenvalue weighted by atomic mass is 10.2. The van der Waals surface area contributed by atoms with E-state index >= 15 is 0 Å². The molecular weight excluding hydrogens is 290 g/mol. The first-order chi connectivity index (χ1) is 11.1. The summed E-state index contributed by atoms with van der Waals surface area (Å²) < 4.78 is 3.51. The second-order valence-corrected chi connectivity index (χ2v) is 5.45. The summed E-state index contributed by atoms with van der Waals surface area (Å²) in [7, 11) is 1.79. The van der Waals surface area contributed by atoms with E-state index in [-0.39, 0.29) is 5.91 Å². The number of nitrogens with one attached hydrogen (secondary N) is 1. The molecule has 3 rings (SSSR count). The van der Waals surface area contributed by atoms with Crippen LogP contribution >= 0.6 is 0 Å². The largest absolute Gasteiger partial charge is 0.346 e. The van der Waals surface area contributed by atoms with Crippen LogP contribution in [-0.2, 0) is 13.6 Å². The van der Waals surface area contributed by atoms with Gasteiger partial charge in [-0.05, 0) is 32.0 Å². The van der Waals surface area contributed by atoms with Crippen molar-refractivity contribution in [2.24, 2.45) is 7.05 Å². The normalized spacial score (nSPS) is 10.7. The van der Waals surface area contributed by atoms with E-state index in [1.807, 2.05) is 48.9 Å². The minimum Gasteiger partial charge on any atom is -0.346 e. The highest BCUT2D eigenvalue weighted by molar-refractivity contribution is 5.92. The van der Waals surface area contributed by atoms with Crippen molar-refractivity contribution in [2.75, 3.05) is 0 Å². The second kappa shape index (κ2) is 6.08. The maximum Gasteiger partial charge on any atom is 0.272 e. The highest BCUT2D eigenvalue weighted by atomic mass is 16.1. The Kier molecular flexibility index (Phi) is 3.97. The van der Waals surface area contributed by atoms with E-state index in [4.69, 9.17) is 0 Å². The minimum atomic E-state index is -0.183. The van der Waals surface area contributed by atoms with Crippen LogP contribution in [0.5, 0.6) is 0 Å². The van der Waals surface area contributed by atoms with Gasteiger partial charge in [-0.2, -0.15) is 10.2 Å². The molecule has 1 N–H and O–H groups in total. The van der Waals surface area contributed by atoms with Crippen LogP contribution in [0.4, 0.5) is 0 Å². The molecule has 6 heteroatoms. The lowest BCUT2D eigenvalue weighted by Gasteiger charge is -2.06. The molecule has 0 aliphatic rings. The number of carbonyl (C=O) groups excluding carboxylic acids is 1. The summed E-state index contributed by atoms with van der Waals surface area (Å²) in [6.07, 6.45) is 1.75. The van der Waals surface area contributed by atoms with Crippen molar-refractivity contribution in [3.05, 3.63) is 65.2 Å². The smallest absolute Gasteiger partial charge is 0.272 e. The molecule has 0 aliphatic carbocycles. The molecule has 0 saturated carbocycles. The Morgan fingerprint density at radius 2 is 1.87 bits per heavy atom. The summed E-state index contributed by atoms with van der Waals surface area (Å²) in [4.78, 5) is 12.1. The summed E-state index contributed by atoms with van der Waals surface area (Å²) in [5, 5.41) is 11.6. The molecule has 23 heavy (non-hydrogen) atoms. The van der Waals surface area contributed by atoms with Gasteiger partial charge in [0.05, 0.1) is 11.4 Å². The molecule has 1 amide bonds. The molecule has 0 aliphatic heterocycles. The SMILES string of the molecule is Cc1nn(-c2ccccc2)c(C)c1CNC(=O)c1ccn(C)n1. The summed E-state index contributed by atoms with van der Waals surface area (Å²) in [5.74, 6) is -0.183. The third-order valence-corrected chi connectivity index (χ3v) is 3.81. The van der Waals surface area contributed by atoms with Gasteiger partial charge in [-0.25, -0.2) is 4.68 Å². The van der Waals surface area contributed by atoms with Crippen molar-refractivity contribution in [1.29, 1.82) is 0 Å². The molecule has 0 saturated heterocycles. The highest BCUT2D eigenvalue weighted by Crippen LogP contribution is 2.17. The summed E-state index contributed by atoms with van der Waals surface area (Å²) in [6, 6.07) is 11.7. The van der Waals surface area contributed by atoms with Gasteiger partial charge in [-0.1, -0.05) is 18.2 Å². The van der Waals surface area contributed by atoms with Crippen LogP contribution in [0, 0.1) is 13.8 Å². The van der Waals surface area contributed by atoms with Gasteiger partial charge >= 0.3 is 0 Å². The fourth-order valence-electron chi connectivity index (χ4n) is 2.55. The maximum absolute atomic E-state index is 12.1. The van der Waals surface area contributed by atoms with Gasteiger partial charge in [0.1, 0.15) is 5.69 Å². The molecule has 118 valence electrons. The summed E-state index contributed by atoms with van der Waals surface area (Å²) in [5.41, 5.74) is 4.38. The third-order valence-electron chi connectivity index (χ3n) is 3.81. The van der Waals surface area contributed by atoms with Crippen LogP contribution in [0.15, 0.2) is 42.6 Å². The first-order valence-corrected chi connectivity index (χ1v) is 7.44. The van der Waals surface area contributed by atoms with E-state index in [0.29, 0.717) is 12.2 Å². The number of rotatable bonds is 4. The van der Waals surface area contributed by atoms with Crippen LogP contribution in [0.3, 0.4) is 0 Å². The number of amides is 1. The van der Waals surface area contributed by atoms with Crippen LogP contribution in [-0.4, -0.2) is 25.5 Å². The van der Waals surface area contributed by atoms with Gasteiger partial charge in [-0.3, -0.25) is 9.48 Å². The standard InChI is InChI=1S/C17H19N5O/c1-12-15(11-18-17(23)16-9-10-21(3)20-16)13(2)22(19-12)14-7-5-4-6-8-14/h4-10H,11H2,1-3H3,(H,18,23). The van der Waals surface area contributed by atoms with Crippen molar-refractivity contribution < 1.29 is 4.79 Å². The molecule has 0 bridgehead atoms. The second-order valence-electron chi connectivity index (χ2n) is 5.45. The minimum absolute atomic E-state index is 0.183. The molecule has 2 heterocycles. The number of carbonyl (C=O) groups is 1. The Balaban J connectivity index is 1.79. The van der Waals surface area contributed by atoms with E-state index in [1.165, 1.54) is 0 Å². The molecule has 2 aromatic heterocycles. The molecular formula is C17H19N5O. The fraction of sp³-hybridized carbons (Fsp3) is 0.235. The van der Waals surface area contributed by atoms with Gasteiger partial charge in [0, 0.05) is 31.0 Å². The molecule has 0 fully saturated rings. The summed E-state index contributed by atoms with van der Waals surface area (Å²) in [6.45, 7) is 4.39. The number of benzene rings is 1. The maximum atomic E-state index is 12.1. The van der Waals surface area contributed by atoms with Crippen molar-refractivity contribution in [2.45, 2.75) is 20.4 Å². The Hall–Kier alpha value is -2.89. The van der Waals surface area contributed by atoms with Crippen LogP contribution in [0.25, 0.3) is 5.69 Å². The predicted molar refractivity (Wildman–Crippen MR) is 87.4 cm³/mol. The van der Waals surface area contributed by atoms with Gasteiger partial charge in [0.25, 0.3) is 5.91 Å². The molecule has 0 spiro atoms. The first-order valence-electron chi connectivity index (χ1n) is 7.44. The molecule has 3 aromatic rings. The van der Waals surface area contributed by atoms with Crippen molar-refractivity contribution in [3.63, 3.8) is 0 Å². The Morgan fingerprint density at radius 1 is 1.13 bits per heavy atom. The van der Waals surface area contributed by atoms with E-state index in [1.54, 1.807) is 24.0 Å². The van der Waals surface area contributed by atoms with Gasteiger partial charge < -0.3 is 5.32 Å². The highest BCUT2D eigenvalue weighted by Gasteiger charge is 2.15.